The van der Waals surface area contributed by atoms with Gasteiger partial charge in [-0.25, -0.2) is 0 Å². The van der Waals surface area contributed by atoms with Gasteiger partial charge < -0.3 is 15.0 Å². The Labute approximate surface area is 119 Å². The number of rotatable bonds is 7. The quantitative estimate of drug-likeness (QED) is 0.772. The fraction of sp³-hybridized carbons (Fsp3) is 0.467. The van der Waals surface area contributed by atoms with E-state index in [2.05, 4.69) is 10.1 Å². The van der Waals surface area contributed by atoms with Gasteiger partial charge in [-0.2, -0.15) is 0 Å². The molecule has 0 aliphatic heterocycles. The van der Waals surface area contributed by atoms with Gasteiger partial charge in [-0.15, -0.1) is 0 Å². The zero-order chi connectivity index (χ0) is 15.0. The minimum Gasteiger partial charge on any atom is -0.469 e. The number of nitrogens with one attached hydrogen (secondary N) is 1. The summed E-state index contributed by atoms with van der Waals surface area (Å²) in [4.78, 5) is 25.0. The van der Waals surface area contributed by atoms with Gasteiger partial charge >= 0.3 is 5.97 Å². The first-order valence-corrected chi connectivity index (χ1v) is 6.64. The highest BCUT2D eigenvalue weighted by Crippen LogP contribution is 2.06. The molecule has 0 radical (unpaired) electrons. The van der Waals surface area contributed by atoms with E-state index in [1.165, 1.54) is 7.11 Å². The molecule has 0 aliphatic rings. The Morgan fingerprint density at radius 3 is 2.55 bits per heavy atom. The molecule has 1 atom stereocenters. The number of carbonyl (C=O) groups is 2. The molecular formula is C15H22N2O3. The molecule has 1 aromatic carbocycles. The number of methoxy groups -OCH3 is 1. The second-order valence-corrected chi connectivity index (χ2v) is 4.85. The predicted molar refractivity (Wildman–Crippen MR) is 78.4 cm³/mol. The van der Waals surface area contributed by atoms with E-state index in [-0.39, 0.29) is 17.8 Å². The van der Waals surface area contributed by atoms with Crippen LogP contribution >= 0.6 is 0 Å². The van der Waals surface area contributed by atoms with E-state index in [4.69, 9.17) is 0 Å². The van der Waals surface area contributed by atoms with Crippen LogP contribution in [0.1, 0.15) is 13.3 Å². The molecule has 0 bridgehead atoms. The van der Waals surface area contributed by atoms with Crippen molar-refractivity contribution in [3.8, 4) is 0 Å². The number of anilines is 1. The van der Waals surface area contributed by atoms with Gasteiger partial charge in [0.2, 0.25) is 5.91 Å². The van der Waals surface area contributed by atoms with Gasteiger partial charge in [0.25, 0.3) is 0 Å². The maximum absolute atomic E-state index is 11.8. The van der Waals surface area contributed by atoms with Crippen LogP contribution in [0.15, 0.2) is 30.3 Å². The molecule has 0 saturated carbocycles. The lowest BCUT2D eigenvalue weighted by molar-refractivity contribution is -0.145. The summed E-state index contributed by atoms with van der Waals surface area (Å²) >= 11 is 0. The molecule has 0 fully saturated rings. The van der Waals surface area contributed by atoms with Crippen LogP contribution < -0.4 is 5.32 Å². The second-order valence-electron chi connectivity index (χ2n) is 4.85. The molecule has 110 valence electrons. The summed E-state index contributed by atoms with van der Waals surface area (Å²) in [5.74, 6) is -0.457. The van der Waals surface area contributed by atoms with Gasteiger partial charge in [-0.05, 0) is 19.2 Å². The Morgan fingerprint density at radius 1 is 1.30 bits per heavy atom. The second kappa shape index (κ2) is 8.32. The fourth-order valence-electron chi connectivity index (χ4n) is 1.87. The molecule has 0 aromatic heterocycles. The average Bonchev–Trinajstić information content (AvgIpc) is 2.45. The van der Waals surface area contributed by atoms with Gasteiger partial charge in [-0.3, -0.25) is 9.59 Å². The van der Waals surface area contributed by atoms with Crippen LogP contribution in [0, 0.1) is 5.92 Å². The minimum atomic E-state index is -0.231. The molecule has 20 heavy (non-hydrogen) atoms. The van der Waals surface area contributed by atoms with Gasteiger partial charge in [0.05, 0.1) is 13.0 Å². The summed E-state index contributed by atoms with van der Waals surface area (Å²) in [7, 11) is 3.27. The van der Waals surface area contributed by atoms with Gasteiger partial charge in [0.15, 0.2) is 0 Å². The lowest BCUT2D eigenvalue weighted by atomic mass is 10.1. The monoisotopic (exact) mass is 278 g/mol. The number of carbonyl (C=O) groups excluding carboxylic acids is 2. The van der Waals surface area contributed by atoms with Gasteiger partial charge in [0, 0.05) is 25.2 Å². The Kier molecular flexibility index (Phi) is 6.73. The normalized spacial score (nSPS) is 12.0. The lowest BCUT2D eigenvalue weighted by Gasteiger charge is -2.19. The molecule has 5 nitrogen and oxygen atoms in total. The lowest BCUT2D eigenvalue weighted by Crippen LogP contribution is -2.31. The van der Waals surface area contributed by atoms with Crippen molar-refractivity contribution in [1.82, 2.24) is 4.90 Å². The molecular weight excluding hydrogens is 256 g/mol. The Bertz CT molecular complexity index is 434. The molecule has 0 saturated heterocycles. The van der Waals surface area contributed by atoms with Crippen molar-refractivity contribution in [3.05, 3.63) is 30.3 Å². The molecule has 0 spiro atoms. The average molecular weight is 278 g/mol. The highest BCUT2D eigenvalue weighted by Gasteiger charge is 2.15. The summed E-state index contributed by atoms with van der Waals surface area (Å²) in [6.07, 6.45) is 0.388. The summed E-state index contributed by atoms with van der Waals surface area (Å²) in [5, 5.41) is 2.83. The van der Waals surface area contributed by atoms with E-state index < -0.39 is 0 Å². The number of esters is 1. The third kappa shape index (κ3) is 5.84. The first kappa shape index (κ1) is 16.2. The Balaban J connectivity index is 2.28. The van der Waals surface area contributed by atoms with Crippen LogP contribution in [0.4, 0.5) is 5.69 Å². The maximum Gasteiger partial charge on any atom is 0.309 e. The van der Waals surface area contributed by atoms with Crippen LogP contribution in [-0.4, -0.2) is 44.0 Å². The summed E-state index contributed by atoms with van der Waals surface area (Å²) in [6.45, 7) is 2.98. The van der Waals surface area contributed by atoms with Gasteiger partial charge in [0.1, 0.15) is 0 Å². The SMILES string of the molecule is COC(=O)C(C)CN(C)CCC(=O)Nc1ccccc1. The van der Waals surface area contributed by atoms with Crippen molar-refractivity contribution >= 4 is 17.6 Å². The first-order valence-electron chi connectivity index (χ1n) is 6.64. The highest BCUT2D eigenvalue weighted by molar-refractivity contribution is 5.90. The third-order valence-electron chi connectivity index (χ3n) is 2.97. The van der Waals surface area contributed by atoms with Crippen molar-refractivity contribution in [3.63, 3.8) is 0 Å². The van der Waals surface area contributed by atoms with Crippen molar-refractivity contribution in [2.45, 2.75) is 13.3 Å². The van der Waals surface area contributed by atoms with Crippen molar-refractivity contribution < 1.29 is 14.3 Å². The Morgan fingerprint density at radius 2 is 1.95 bits per heavy atom. The molecule has 0 aliphatic carbocycles. The number of para-hydroxylation sites is 1. The molecule has 5 heteroatoms. The van der Waals surface area contributed by atoms with E-state index in [9.17, 15) is 9.59 Å². The number of hydrogen-bond acceptors (Lipinski definition) is 4. The number of hydrogen-bond donors (Lipinski definition) is 1. The van der Waals surface area contributed by atoms with Crippen LogP contribution in [-0.2, 0) is 14.3 Å². The zero-order valence-corrected chi connectivity index (χ0v) is 12.3. The van der Waals surface area contributed by atoms with Crippen molar-refractivity contribution in [2.24, 2.45) is 5.92 Å². The van der Waals surface area contributed by atoms with Crippen molar-refractivity contribution in [1.29, 1.82) is 0 Å². The topological polar surface area (TPSA) is 58.6 Å². The smallest absolute Gasteiger partial charge is 0.309 e. The highest BCUT2D eigenvalue weighted by atomic mass is 16.5. The largest absolute Gasteiger partial charge is 0.469 e. The standard InChI is InChI=1S/C15H22N2O3/c1-12(15(19)20-3)11-17(2)10-9-14(18)16-13-7-5-4-6-8-13/h4-8,12H,9-11H2,1-3H3,(H,16,18). The van der Waals surface area contributed by atoms with Crippen LogP contribution in [0.25, 0.3) is 0 Å². The Hall–Kier alpha value is -1.88. The third-order valence-corrected chi connectivity index (χ3v) is 2.97. The summed E-state index contributed by atoms with van der Waals surface area (Å²) in [5.41, 5.74) is 0.795. The van der Waals surface area contributed by atoms with Crippen molar-refractivity contribution in [2.75, 3.05) is 32.6 Å². The van der Waals surface area contributed by atoms with Crippen LogP contribution in [0.5, 0.6) is 0 Å². The van der Waals surface area contributed by atoms with E-state index in [1.54, 1.807) is 0 Å². The van der Waals surface area contributed by atoms with E-state index in [0.717, 1.165) is 5.69 Å². The summed E-state index contributed by atoms with van der Waals surface area (Å²) in [6, 6.07) is 9.35. The van der Waals surface area contributed by atoms with Crippen LogP contribution in [0.2, 0.25) is 0 Å². The molecule has 1 aromatic rings. The van der Waals surface area contributed by atoms with E-state index in [1.807, 2.05) is 49.2 Å². The minimum absolute atomic E-state index is 0.0335. The molecule has 1 amide bonds. The number of nitrogens with zero attached hydrogens (tertiary/aromatic N) is 1. The molecule has 1 unspecified atom stereocenters. The first-order chi connectivity index (χ1) is 9.52. The van der Waals surface area contributed by atoms with Gasteiger partial charge in [-0.1, -0.05) is 25.1 Å². The zero-order valence-electron chi connectivity index (χ0n) is 12.3. The number of ether oxygens (including phenoxy) is 1. The molecule has 1 rings (SSSR count). The number of amides is 1. The number of benzene rings is 1. The fourth-order valence-corrected chi connectivity index (χ4v) is 1.87. The van der Waals surface area contributed by atoms with Crippen LogP contribution in [0.3, 0.4) is 0 Å². The van der Waals surface area contributed by atoms with E-state index in [0.29, 0.717) is 19.5 Å². The predicted octanol–water partition coefficient (Wildman–Crippen LogP) is 1.76. The maximum atomic E-state index is 11.8. The molecule has 1 N–H and O–H groups in total. The molecule has 0 heterocycles. The van der Waals surface area contributed by atoms with E-state index >= 15 is 0 Å². The summed E-state index contributed by atoms with van der Waals surface area (Å²) < 4.78 is 4.67.